The van der Waals surface area contributed by atoms with Crippen molar-refractivity contribution >= 4 is 15.9 Å². The Labute approximate surface area is 169 Å². The first-order valence-electron chi connectivity index (χ1n) is 8.94. The van der Waals surface area contributed by atoms with Crippen LogP contribution in [0.2, 0.25) is 0 Å². The molecule has 0 aliphatic heterocycles. The number of hydrogen-bond acceptors (Lipinski definition) is 3. The van der Waals surface area contributed by atoms with Gasteiger partial charge in [-0.1, -0.05) is 57.9 Å². The fourth-order valence-electron chi connectivity index (χ4n) is 2.76. The molecule has 0 bridgehead atoms. The molecule has 0 aliphatic carbocycles. The highest BCUT2D eigenvalue weighted by molar-refractivity contribution is 9.10. The van der Waals surface area contributed by atoms with Gasteiger partial charge in [0.05, 0.1) is 7.11 Å². The largest absolute Gasteiger partial charge is 0.497 e. The van der Waals surface area contributed by atoms with Crippen LogP contribution in [0.3, 0.4) is 0 Å². The summed E-state index contributed by atoms with van der Waals surface area (Å²) in [6.45, 7) is 4.17. The summed E-state index contributed by atoms with van der Waals surface area (Å²) in [4.78, 5) is 0. The summed E-state index contributed by atoms with van der Waals surface area (Å²) in [5.74, 6) is 1.78. The van der Waals surface area contributed by atoms with Crippen LogP contribution in [0, 0.1) is 6.92 Å². The molecule has 0 spiro atoms. The van der Waals surface area contributed by atoms with E-state index in [0.717, 1.165) is 34.6 Å². The summed E-state index contributed by atoms with van der Waals surface area (Å²) in [6, 6.07) is 22.7. The molecule has 3 rings (SSSR count). The zero-order chi connectivity index (χ0) is 19.1. The van der Waals surface area contributed by atoms with E-state index < -0.39 is 0 Å². The molecule has 27 heavy (non-hydrogen) atoms. The molecule has 1 N–H and O–H groups in total. The van der Waals surface area contributed by atoms with Crippen LogP contribution in [0.25, 0.3) is 0 Å². The van der Waals surface area contributed by atoms with Crippen molar-refractivity contribution < 1.29 is 9.47 Å². The van der Waals surface area contributed by atoms with Gasteiger partial charge in [0.2, 0.25) is 0 Å². The van der Waals surface area contributed by atoms with E-state index in [0.29, 0.717) is 6.61 Å². The molecule has 0 saturated carbocycles. The number of benzene rings is 3. The maximum Gasteiger partial charge on any atom is 0.124 e. The van der Waals surface area contributed by atoms with Crippen LogP contribution >= 0.6 is 15.9 Å². The van der Waals surface area contributed by atoms with Gasteiger partial charge in [-0.3, -0.25) is 0 Å². The number of hydrogen-bond donors (Lipinski definition) is 1. The molecule has 0 radical (unpaired) electrons. The van der Waals surface area contributed by atoms with E-state index in [9.17, 15) is 0 Å². The lowest BCUT2D eigenvalue weighted by atomic mass is 10.1. The van der Waals surface area contributed by atoms with Gasteiger partial charge in [0.15, 0.2) is 0 Å². The molecule has 0 aromatic heterocycles. The minimum absolute atomic E-state index is 0.563. The molecule has 0 amide bonds. The van der Waals surface area contributed by atoms with Crippen molar-refractivity contribution in [3.8, 4) is 11.5 Å². The van der Waals surface area contributed by atoms with Crippen LogP contribution in [0.15, 0.2) is 71.2 Å². The predicted molar refractivity (Wildman–Crippen MR) is 113 cm³/mol. The van der Waals surface area contributed by atoms with Crippen molar-refractivity contribution in [2.45, 2.75) is 26.6 Å². The SMILES string of the molecule is COc1ccc(CNCc2cc(Br)ccc2OCc2ccc(C)cc2)cc1. The minimum atomic E-state index is 0.563. The van der Waals surface area contributed by atoms with Crippen LogP contribution in [0.1, 0.15) is 22.3 Å². The van der Waals surface area contributed by atoms with E-state index in [-0.39, 0.29) is 0 Å². The molecule has 0 unspecified atom stereocenters. The maximum absolute atomic E-state index is 6.07. The molecule has 0 atom stereocenters. The van der Waals surface area contributed by atoms with Crippen molar-refractivity contribution in [3.63, 3.8) is 0 Å². The van der Waals surface area contributed by atoms with Gasteiger partial charge in [0.25, 0.3) is 0 Å². The third-order valence-electron chi connectivity index (χ3n) is 4.34. The highest BCUT2D eigenvalue weighted by Crippen LogP contribution is 2.24. The van der Waals surface area contributed by atoms with Crippen molar-refractivity contribution in [3.05, 3.63) is 93.5 Å². The van der Waals surface area contributed by atoms with Gasteiger partial charge >= 0.3 is 0 Å². The fraction of sp³-hybridized carbons (Fsp3) is 0.217. The first kappa shape index (κ1) is 19.5. The summed E-state index contributed by atoms with van der Waals surface area (Å²) >= 11 is 3.56. The molecular formula is C23H24BrNO2. The number of aryl methyl sites for hydroxylation is 1. The van der Waals surface area contributed by atoms with Crippen molar-refractivity contribution in [1.29, 1.82) is 0 Å². The average molecular weight is 426 g/mol. The Morgan fingerprint density at radius 1 is 0.852 bits per heavy atom. The summed E-state index contributed by atoms with van der Waals surface area (Å²) in [5.41, 5.74) is 4.77. The monoisotopic (exact) mass is 425 g/mol. The second kappa shape index (κ2) is 9.58. The van der Waals surface area contributed by atoms with E-state index in [2.05, 4.69) is 70.6 Å². The van der Waals surface area contributed by atoms with Gasteiger partial charge in [-0.15, -0.1) is 0 Å². The lowest BCUT2D eigenvalue weighted by molar-refractivity contribution is 0.302. The first-order valence-corrected chi connectivity index (χ1v) is 9.74. The summed E-state index contributed by atoms with van der Waals surface area (Å²) < 4.78 is 12.3. The summed E-state index contributed by atoms with van der Waals surface area (Å²) in [5, 5.41) is 3.49. The summed E-state index contributed by atoms with van der Waals surface area (Å²) in [7, 11) is 1.68. The molecule has 140 valence electrons. The van der Waals surface area contributed by atoms with Crippen molar-refractivity contribution in [1.82, 2.24) is 5.32 Å². The maximum atomic E-state index is 6.07. The molecule has 0 fully saturated rings. The van der Waals surface area contributed by atoms with E-state index in [1.165, 1.54) is 16.7 Å². The predicted octanol–water partition coefficient (Wildman–Crippen LogP) is 5.63. The van der Waals surface area contributed by atoms with E-state index >= 15 is 0 Å². The minimum Gasteiger partial charge on any atom is -0.497 e. The standard InChI is InChI=1S/C23H24BrNO2/c1-17-3-5-19(6-4-17)16-27-23-12-9-21(24)13-20(23)15-25-14-18-7-10-22(26-2)11-8-18/h3-13,25H,14-16H2,1-2H3. The molecule has 0 heterocycles. The second-order valence-electron chi connectivity index (χ2n) is 6.48. The quantitative estimate of drug-likeness (QED) is 0.506. The highest BCUT2D eigenvalue weighted by atomic mass is 79.9. The van der Waals surface area contributed by atoms with Gasteiger partial charge in [-0.2, -0.15) is 0 Å². The molecule has 4 heteroatoms. The van der Waals surface area contributed by atoms with E-state index in [1.54, 1.807) is 7.11 Å². The van der Waals surface area contributed by atoms with Crippen molar-refractivity contribution in [2.75, 3.05) is 7.11 Å². The Bertz CT molecular complexity index is 861. The first-order chi connectivity index (χ1) is 13.1. The van der Waals surface area contributed by atoms with Gasteiger partial charge in [0, 0.05) is 23.1 Å². The normalized spacial score (nSPS) is 10.6. The average Bonchev–Trinajstić information content (AvgIpc) is 2.69. The van der Waals surface area contributed by atoms with Crippen LogP contribution in [-0.2, 0) is 19.7 Å². The topological polar surface area (TPSA) is 30.5 Å². The molecule has 0 aliphatic rings. The van der Waals surface area contributed by atoms with Gasteiger partial charge in [-0.25, -0.2) is 0 Å². The lowest BCUT2D eigenvalue weighted by Crippen LogP contribution is -2.13. The third kappa shape index (κ3) is 5.84. The van der Waals surface area contributed by atoms with E-state index in [1.807, 2.05) is 24.3 Å². The molecule has 0 saturated heterocycles. The number of rotatable bonds is 8. The van der Waals surface area contributed by atoms with E-state index in [4.69, 9.17) is 9.47 Å². The lowest BCUT2D eigenvalue weighted by Gasteiger charge is -2.13. The molecule has 3 aromatic rings. The fourth-order valence-corrected chi connectivity index (χ4v) is 3.17. The Balaban J connectivity index is 1.60. The van der Waals surface area contributed by atoms with Gasteiger partial charge in [0.1, 0.15) is 18.1 Å². The van der Waals surface area contributed by atoms with Crippen LogP contribution < -0.4 is 14.8 Å². The Kier molecular flexibility index (Phi) is 6.91. The Morgan fingerprint density at radius 2 is 1.56 bits per heavy atom. The number of halogens is 1. The zero-order valence-corrected chi connectivity index (χ0v) is 17.3. The Morgan fingerprint density at radius 3 is 2.26 bits per heavy atom. The third-order valence-corrected chi connectivity index (χ3v) is 4.83. The number of methoxy groups -OCH3 is 1. The number of ether oxygens (including phenoxy) is 2. The smallest absolute Gasteiger partial charge is 0.124 e. The van der Waals surface area contributed by atoms with Crippen LogP contribution in [0.4, 0.5) is 0 Å². The molecular weight excluding hydrogens is 402 g/mol. The molecule has 3 nitrogen and oxygen atoms in total. The van der Waals surface area contributed by atoms with Crippen molar-refractivity contribution in [2.24, 2.45) is 0 Å². The zero-order valence-electron chi connectivity index (χ0n) is 15.7. The second-order valence-corrected chi connectivity index (χ2v) is 7.39. The number of nitrogens with one attached hydrogen (secondary N) is 1. The van der Waals surface area contributed by atoms with Crippen LogP contribution in [-0.4, -0.2) is 7.11 Å². The van der Waals surface area contributed by atoms with Gasteiger partial charge < -0.3 is 14.8 Å². The highest BCUT2D eigenvalue weighted by Gasteiger charge is 2.06. The van der Waals surface area contributed by atoms with Crippen LogP contribution in [0.5, 0.6) is 11.5 Å². The molecule has 3 aromatic carbocycles. The summed E-state index contributed by atoms with van der Waals surface area (Å²) in [6.07, 6.45) is 0. The Hall–Kier alpha value is -2.30. The van der Waals surface area contributed by atoms with Gasteiger partial charge in [-0.05, 0) is 48.4 Å².